The van der Waals surface area contributed by atoms with Gasteiger partial charge in [-0.25, -0.2) is 0 Å². The third-order valence-corrected chi connectivity index (χ3v) is 5.40. The van der Waals surface area contributed by atoms with E-state index in [1.807, 2.05) is 53.7 Å². The minimum absolute atomic E-state index is 0. The Bertz CT molecular complexity index is 642. The van der Waals surface area contributed by atoms with Crippen LogP contribution < -0.4 is 0 Å². The normalized spacial score (nSPS) is 17.9. The van der Waals surface area contributed by atoms with Crippen molar-refractivity contribution in [2.45, 2.75) is 94.1 Å². The molecule has 0 saturated heterocycles. The fourth-order valence-electron chi connectivity index (χ4n) is 2.69. The Morgan fingerprint density at radius 1 is 1.03 bits per heavy atom. The topological polar surface area (TPSA) is 89.0 Å². The first kappa shape index (κ1) is 30.5. The van der Waals surface area contributed by atoms with Crippen molar-refractivity contribution in [3.8, 4) is 0 Å². The van der Waals surface area contributed by atoms with E-state index in [1.54, 1.807) is 6.08 Å². The first-order valence-corrected chi connectivity index (χ1v) is 11.1. The summed E-state index contributed by atoms with van der Waals surface area (Å²) in [4.78, 5) is 12.8. The van der Waals surface area contributed by atoms with Gasteiger partial charge in [0.2, 0.25) is 0 Å². The van der Waals surface area contributed by atoms with E-state index < -0.39 is 12.0 Å². The Labute approximate surface area is 184 Å². The fraction of sp³-hybridized carbons (Fsp3) is 0.654. The average Bonchev–Trinajstić information content (AvgIpc) is 2.66. The summed E-state index contributed by atoms with van der Waals surface area (Å²) in [6.07, 6.45) is 8.06. The van der Waals surface area contributed by atoms with Crippen molar-refractivity contribution in [2.24, 2.45) is 17.8 Å². The van der Waals surface area contributed by atoms with E-state index in [0.717, 1.165) is 29.1 Å². The number of carbonyl (C=O) groups excluding carboxylic acids is 1. The van der Waals surface area contributed by atoms with Crippen LogP contribution in [0.4, 0.5) is 0 Å². The quantitative estimate of drug-likeness (QED) is 0.452. The van der Waals surface area contributed by atoms with E-state index >= 15 is 0 Å². The number of aliphatic hydroxyl groups excluding tert-OH is 2. The molecule has 4 heteroatoms. The molecule has 174 valence electrons. The molecule has 0 fully saturated rings. The van der Waals surface area contributed by atoms with Crippen LogP contribution in [0.3, 0.4) is 0 Å². The molecule has 1 aliphatic rings. The Morgan fingerprint density at radius 2 is 1.53 bits per heavy atom. The third kappa shape index (κ3) is 10.4. The number of rotatable bonds is 8. The van der Waals surface area contributed by atoms with Crippen molar-refractivity contribution >= 4 is 5.78 Å². The summed E-state index contributed by atoms with van der Waals surface area (Å²) in [5.74, 6) is 0.303. The molecule has 30 heavy (non-hydrogen) atoms. The number of allylic oxidation sites excluding steroid dienone is 7. The van der Waals surface area contributed by atoms with Gasteiger partial charge in [0.05, 0.1) is 12.0 Å². The van der Waals surface area contributed by atoms with Crippen molar-refractivity contribution in [1.82, 2.24) is 0 Å². The maximum atomic E-state index is 12.8. The zero-order valence-electron chi connectivity index (χ0n) is 20.7. The Hall–Kier alpha value is -1.65. The van der Waals surface area contributed by atoms with E-state index in [-0.39, 0.29) is 22.9 Å². The highest BCUT2D eigenvalue weighted by atomic mass is 16.3. The predicted molar refractivity (Wildman–Crippen MR) is 129 cm³/mol. The van der Waals surface area contributed by atoms with Gasteiger partial charge in [-0.15, -0.1) is 0 Å². The van der Waals surface area contributed by atoms with Gasteiger partial charge in [0.15, 0.2) is 5.78 Å². The minimum Gasteiger partial charge on any atom is -0.511 e. The largest absolute Gasteiger partial charge is 0.511 e. The molecular weight excluding hydrogens is 376 g/mol. The molecule has 0 aromatic carbocycles. The second-order valence-corrected chi connectivity index (χ2v) is 9.06. The molecule has 0 radical (unpaired) electrons. The molecule has 0 saturated carbocycles. The van der Waals surface area contributed by atoms with Crippen LogP contribution in [0.2, 0.25) is 0 Å². The highest BCUT2D eigenvalue weighted by molar-refractivity contribution is 6.01. The van der Waals surface area contributed by atoms with Crippen LogP contribution in [0.5, 0.6) is 0 Å². The maximum Gasteiger partial charge on any atom is 0.172 e. The van der Waals surface area contributed by atoms with Crippen LogP contribution >= 0.6 is 0 Å². The lowest BCUT2D eigenvalue weighted by Crippen LogP contribution is -2.32. The van der Waals surface area contributed by atoms with Crippen molar-refractivity contribution in [1.29, 1.82) is 0 Å². The summed E-state index contributed by atoms with van der Waals surface area (Å²) in [6.45, 7) is 18.5. The summed E-state index contributed by atoms with van der Waals surface area (Å²) in [6, 6.07) is 0. The van der Waals surface area contributed by atoms with Gasteiger partial charge in [0.25, 0.3) is 0 Å². The Balaban J connectivity index is 0. The SMILES string of the molecule is CCC(C)C.CCC(C)C(O)C1=CC(CC=C(C)C)=C(O)C(CC=C(C)C)C1=O.O. The summed E-state index contributed by atoms with van der Waals surface area (Å²) < 4.78 is 0. The van der Waals surface area contributed by atoms with Crippen LogP contribution in [0.1, 0.15) is 88.0 Å². The van der Waals surface area contributed by atoms with Crippen molar-refractivity contribution in [3.05, 3.63) is 46.3 Å². The predicted octanol–water partition coefficient (Wildman–Crippen LogP) is 6.27. The molecule has 1 aliphatic carbocycles. The van der Waals surface area contributed by atoms with E-state index in [0.29, 0.717) is 18.4 Å². The molecule has 4 N–H and O–H groups in total. The fourth-order valence-corrected chi connectivity index (χ4v) is 2.69. The molecule has 3 unspecified atom stereocenters. The van der Waals surface area contributed by atoms with Gasteiger partial charge in [-0.2, -0.15) is 0 Å². The number of Topliss-reactive ketones (excluding diaryl/α,β-unsaturated/α-hetero) is 1. The monoisotopic (exact) mass is 422 g/mol. The molecule has 0 aliphatic heterocycles. The molecule has 0 amide bonds. The maximum absolute atomic E-state index is 12.8. The van der Waals surface area contributed by atoms with E-state index in [4.69, 9.17) is 0 Å². The van der Waals surface area contributed by atoms with Crippen molar-refractivity contribution in [2.75, 3.05) is 0 Å². The number of ketones is 1. The molecular formula is C26H46O4. The highest BCUT2D eigenvalue weighted by Gasteiger charge is 2.35. The van der Waals surface area contributed by atoms with Gasteiger partial charge in [0, 0.05) is 5.57 Å². The number of carbonyl (C=O) groups is 1. The molecule has 4 nitrogen and oxygen atoms in total. The minimum atomic E-state index is -0.786. The van der Waals surface area contributed by atoms with E-state index in [9.17, 15) is 15.0 Å². The van der Waals surface area contributed by atoms with Gasteiger partial charge in [0.1, 0.15) is 5.76 Å². The molecule has 1 rings (SSSR count). The Kier molecular flexibility index (Phi) is 15.5. The third-order valence-electron chi connectivity index (χ3n) is 5.40. The van der Waals surface area contributed by atoms with Gasteiger partial charge < -0.3 is 15.7 Å². The van der Waals surface area contributed by atoms with Crippen molar-refractivity contribution < 1.29 is 20.5 Å². The van der Waals surface area contributed by atoms with Crippen LogP contribution in [0.15, 0.2) is 46.3 Å². The molecule has 0 spiro atoms. The van der Waals surface area contributed by atoms with Gasteiger partial charge in [-0.05, 0) is 64.0 Å². The number of hydrogen-bond donors (Lipinski definition) is 2. The van der Waals surface area contributed by atoms with Gasteiger partial charge >= 0.3 is 0 Å². The summed E-state index contributed by atoms with van der Waals surface area (Å²) in [5, 5.41) is 21.2. The number of hydrogen-bond acceptors (Lipinski definition) is 3. The second kappa shape index (κ2) is 15.2. The van der Waals surface area contributed by atoms with Crippen LogP contribution in [-0.2, 0) is 4.79 Å². The highest BCUT2D eigenvalue weighted by Crippen LogP contribution is 2.33. The lowest BCUT2D eigenvalue weighted by Gasteiger charge is -2.28. The summed E-state index contributed by atoms with van der Waals surface area (Å²) in [5.41, 5.74) is 3.44. The molecule has 0 heterocycles. The van der Waals surface area contributed by atoms with E-state index in [2.05, 4.69) is 20.8 Å². The Morgan fingerprint density at radius 3 is 1.93 bits per heavy atom. The zero-order valence-corrected chi connectivity index (χ0v) is 20.7. The van der Waals surface area contributed by atoms with Crippen LogP contribution in [0, 0.1) is 17.8 Å². The first-order chi connectivity index (χ1) is 13.5. The van der Waals surface area contributed by atoms with Crippen molar-refractivity contribution in [3.63, 3.8) is 0 Å². The van der Waals surface area contributed by atoms with Gasteiger partial charge in [-0.3, -0.25) is 4.79 Å². The second-order valence-electron chi connectivity index (χ2n) is 9.06. The van der Waals surface area contributed by atoms with Crippen LogP contribution in [-0.4, -0.2) is 27.6 Å². The molecule has 0 aromatic heterocycles. The average molecular weight is 423 g/mol. The smallest absolute Gasteiger partial charge is 0.172 e. The lowest BCUT2D eigenvalue weighted by molar-refractivity contribution is -0.120. The van der Waals surface area contributed by atoms with E-state index in [1.165, 1.54) is 6.42 Å². The zero-order chi connectivity index (χ0) is 22.7. The first-order valence-electron chi connectivity index (χ1n) is 11.1. The molecule has 0 bridgehead atoms. The summed E-state index contributed by atoms with van der Waals surface area (Å²) in [7, 11) is 0. The summed E-state index contributed by atoms with van der Waals surface area (Å²) >= 11 is 0. The van der Waals surface area contributed by atoms with Crippen LogP contribution in [0.25, 0.3) is 0 Å². The van der Waals surface area contributed by atoms with Gasteiger partial charge in [-0.1, -0.05) is 70.8 Å². The molecule has 3 atom stereocenters. The molecule has 0 aromatic rings. The standard InChI is InChI=1S/C21H32O3.C5H12.H2O/c1-7-15(6)19(22)18-12-16(10-8-13(2)3)20(23)17(21(18)24)11-9-14(4)5;1-4-5(2)3;/h8-9,12,15,17,19,22-23H,7,10-11H2,1-6H3;5H,4H2,1-3H3;1H2. The lowest BCUT2D eigenvalue weighted by atomic mass is 9.79. The number of aliphatic hydroxyl groups is 2.